The first-order valence-electron chi connectivity index (χ1n) is 17.8. The Kier molecular flexibility index (Phi) is 10.5. The molecule has 0 aromatic heterocycles. The van der Waals surface area contributed by atoms with Gasteiger partial charge in [-0.1, -0.05) is 107 Å². The largest absolute Gasteiger partial charge is 0.490 e. The predicted molar refractivity (Wildman–Crippen MR) is 189 cm³/mol. The zero-order valence-corrected chi connectivity index (χ0v) is 31.2. The highest BCUT2D eigenvalue weighted by molar-refractivity contribution is 5.55. The smallest absolute Gasteiger partial charge is 0.126 e. The first-order valence-corrected chi connectivity index (χ1v) is 17.8. The van der Waals surface area contributed by atoms with Crippen LogP contribution in [0.15, 0.2) is 24.3 Å². The molecule has 2 saturated heterocycles. The lowest BCUT2D eigenvalue weighted by Crippen LogP contribution is -2.25. The summed E-state index contributed by atoms with van der Waals surface area (Å²) in [4.78, 5) is 0. The Morgan fingerprint density at radius 2 is 0.756 bits per heavy atom. The van der Waals surface area contributed by atoms with Crippen LogP contribution in [0.3, 0.4) is 0 Å². The molecule has 0 amide bonds. The van der Waals surface area contributed by atoms with Gasteiger partial charge in [-0.3, -0.25) is 0 Å². The van der Waals surface area contributed by atoms with Gasteiger partial charge in [0.25, 0.3) is 0 Å². The first-order chi connectivity index (χ1) is 20.9. The minimum atomic E-state index is -0.0234. The second kappa shape index (κ2) is 13.2. The van der Waals surface area contributed by atoms with Crippen LogP contribution in [0.25, 0.3) is 0 Å². The summed E-state index contributed by atoms with van der Waals surface area (Å²) in [5.74, 6) is 2.14. The quantitative estimate of drug-likeness (QED) is 0.175. The molecule has 2 aromatic carbocycles. The van der Waals surface area contributed by atoms with Crippen LogP contribution in [0.2, 0.25) is 0 Å². The molecule has 4 atom stereocenters. The number of benzene rings is 2. The molecule has 0 radical (unpaired) electrons. The van der Waals surface area contributed by atoms with E-state index in [0.29, 0.717) is 13.2 Å². The molecule has 2 aliphatic rings. The van der Waals surface area contributed by atoms with E-state index in [1.807, 2.05) is 0 Å². The molecule has 252 valence electrons. The van der Waals surface area contributed by atoms with Gasteiger partial charge in [-0.05, 0) is 78.7 Å². The molecule has 4 nitrogen and oxygen atoms in total. The average Bonchev–Trinajstić information content (AvgIpc) is 3.91. The SMILES string of the molecule is CCC(C)(C)c1cc(Cc2cc(C(C)(C)CC)c(OCC3OC3C)c(C(C)(C)CC)c2)cc(C(C)(C)CC)c1OCC1OC1C. The third-order valence-corrected chi connectivity index (χ3v) is 11.6. The molecule has 2 heterocycles. The van der Waals surface area contributed by atoms with E-state index in [1.54, 1.807) is 0 Å². The van der Waals surface area contributed by atoms with Gasteiger partial charge >= 0.3 is 0 Å². The molecule has 0 saturated carbocycles. The zero-order chi connectivity index (χ0) is 33.5. The molecule has 0 bridgehead atoms. The summed E-state index contributed by atoms with van der Waals surface area (Å²) >= 11 is 0. The maximum absolute atomic E-state index is 6.72. The zero-order valence-electron chi connectivity index (χ0n) is 31.2. The Morgan fingerprint density at radius 3 is 0.956 bits per heavy atom. The summed E-state index contributed by atoms with van der Waals surface area (Å²) < 4.78 is 24.9. The van der Waals surface area contributed by atoms with Crippen LogP contribution in [-0.2, 0) is 37.6 Å². The summed E-state index contributed by atoms with van der Waals surface area (Å²) in [5, 5.41) is 0. The second-order valence-corrected chi connectivity index (χ2v) is 16.5. The van der Waals surface area contributed by atoms with E-state index >= 15 is 0 Å². The van der Waals surface area contributed by atoms with Gasteiger partial charge in [0.15, 0.2) is 0 Å². The number of rotatable bonds is 16. The lowest BCUT2D eigenvalue weighted by Gasteiger charge is -2.34. The Labute approximate surface area is 276 Å². The monoisotopic (exact) mass is 620 g/mol. The fourth-order valence-electron chi connectivity index (χ4n) is 6.04. The van der Waals surface area contributed by atoms with E-state index in [0.717, 1.165) is 43.6 Å². The Morgan fingerprint density at radius 1 is 0.511 bits per heavy atom. The van der Waals surface area contributed by atoms with Gasteiger partial charge in [0.2, 0.25) is 0 Å². The van der Waals surface area contributed by atoms with E-state index in [2.05, 4.69) is 121 Å². The van der Waals surface area contributed by atoms with Crippen molar-refractivity contribution in [2.75, 3.05) is 13.2 Å². The molecule has 4 heteroatoms. The number of ether oxygens (including phenoxy) is 4. The van der Waals surface area contributed by atoms with Gasteiger partial charge in [0, 0.05) is 22.3 Å². The summed E-state index contributed by atoms with van der Waals surface area (Å²) in [6, 6.07) is 9.76. The Hall–Kier alpha value is -2.04. The number of epoxide rings is 2. The van der Waals surface area contributed by atoms with E-state index < -0.39 is 0 Å². The fraction of sp³-hybridized carbons (Fsp3) is 0.707. The summed E-state index contributed by atoms with van der Waals surface area (Å²) in [6.45, 7) is 33.5. The van der Waals surface area contributed by atoms with Crippen molar-refractivity contribution in [2.24, 2.45) is 0 Å². The average molecular weight is 621 g/mol. The van der Waals surface area contributed by atoms with Crippen LogP contribution in [0.4, 0.5) is 0 Å². The van der Waals surface area contributed by atoms with Crippen LogP contribution in [0.5, 0.6) is 11.5 Å². The lowest BCUT2D eigenvalue weighted by atomic mass is 9.73. The van der Waals surface area contributed by atoms with Crippen molar-refractivity contribution in [1.82, 2.24) is 0 Å². The second-order valence-electron chi connectivity index (χ2n) is 16.5. The predicted octanol–water partition coefficient (Wildman–Crippen LogP) is 10.4. The van der Waals surface area contributed by atoms with Crippen molar-refractivity contribution in [3.05, 3.63) is 57.6 Å². The van der Waals surface area contributed by atoms with Crippen LogP contribution >= 0.6 is 0 Å². The topological polar surface area (TPSA) is 43.5 Å². The Balaban J connectivity index is 1.87. The minimum Gasteiger partial charge on any atom is -0.490 e. The molecule has 2 aromatic rings. The first kappa shape index (κ1) is 35.8. The number of hydrogen-bond acceptors (Lipinski definition) is 4. The van der Waals surface area contributed by atoms with Gasteiger partial charge in [-0.2, -0.15) is 0 Å². The lowest BCUT2D eigenvalue weighted by molar-refractivity contribution is 0.249. The fourth-order valence-corrected chi connectivity index (χ4v) is 6.04. The van der Waals surface area contributed by atoms with Gasteiger partial charge in [0.05, 0.1) is 12.2 Å². The minimum absolute atomic E-state index is 0.0234. The molecule has 0 aliphatic carbocycles. The molecular weight excluding hydrogens is 556 g/mol. The van der Waals surface area contributed by atoms with Crippen LogP contribution < -0.4 is 9.47 Å². The molecule has 0 spiro atoms. The molecule has 2 fully saturated rings. The third kappa shape index (κ3) is 7.92. The maximum atomic E-state index is 6.72. The van der Waals surface area contributed by atoms with E-state index in [9.17, 15) is 0 Å². The van der Waals surface area contributed by atoms with Crippen molar-refractivity contribution >= 4 is 0 Å². The van der Waals surface area contributed by atoms with Crippen molar-refractivity contribution in [2.45, 2.75) is 175 Å². The molecule has 0 N–H and O–H groups in total. The highest BCUT2D eigenvalue weighted by Gasteiger charge is 2.38. The molecule has 45 heavy (non-hydrogen) atoms. The maximum Gasteiger partial charge on any atom is 0.126 e. The van der Waals surface area contributed by atoms with Gasteiger partial charge in [0.1, 0.15) is 36.9 Å². The van der Waals surface area contributed by atoms with Crippen molar-refractivity contribution < 1.29 is 18.9 Å². The van der Waals surface area contributed by atoms with Gasteiger partial charge < -0.3 is 18.9 Å². The number of hydrogen-bond donors (Lipinski definition) is 0. The molecular formula is C41H64O4. The standard InChI is InChI=1S/C41H64O4/c1-15-38(7,8)30-20-28(21-31(39(9,10)16-2)36(30)42-24-34-26(5)44-34)19-29-22-32(40(11,12)17-3)37(43-25-35-27(6)45-35)33(23-29)41(13,14)18-4/h20-23,26-27,34-35H,15-19,24-25H2,1-14H3. The molecule has 4 rings (SSSR count). The van der Waals surface area contributed by atoms with Crippen molar-refractivity contribution in [3.63, 3.8) is 0 Å². The van der Waals surface area contributed by atoms with Crippen LogP contribution in [0.1, 0.15) is 156 Å². The summed E-state index contributed by atoms with van der Waals surface area (Å²) in [6.07, 6.45) is 5.96. The molecule has 4 unspecified atom stereocenters. The van der Waals surface area contributed by atoms with E-state index in [-0.39, 0.29) is 46.1 Å². The molecule has 2 aliphatic heterocycles. The van der Waals surface area contributed by atoms with Crippen LogP contribution in [0, 0.1) is 0 Å². The Bertz CT molecular complexity index is 1160. The van der Waals surface area contributed by atoms with Crippen molar-refractivity contribution in [1.29, 1.82) is 0 Å². The summed E-state index contributed by atoms with van der Waals surface area (Å²) in [5.41, 5.74) is 7.86. The summed E-state index contributed by atoms with van der Waals surface area (Å²) in [7, 11) is 0. The van der Waals surface area contributed by atoms with E-state index in [1.165, 1.54) is 33.4 Å². The highest BCUT2D eigenvalue weighted by Crippen LogP contribution is 2.46. The third-order valence-electron chi connectivity index (χ3n) is 11.6. The van der Waals surface area contributed by atoms with Gasteiger partial charge in [-0.25, -0.2) is 0 Å². The normalized spacial score (nSPS) is 22.0. The van der Waals surface area contributed by atoms with Crippen molar-refractivity contribution in [3.8, 4) is 11.5 Å². The van der Waals surface area contributed by atoms with Gasteiger partial charge in [-0.15, -0.1) is 0 Å². The highest BCUT2D eigenvalue weighted by atomic mass is 16.6. The van der Waals surface area contributed by atoms with E-state index in [4.69, 9.17) is 18.9 Å². The van der Waals surface area contributed by atoms with Crippen LogP contribution in [-0.4, -0.2) is 37.6 Å².